The highest BCUT2D eigenvalue weighted by Crippen LogP contribution is 2.40. The lowest BCUT2D eigenvalue weighted by atomic mass is 10.0. The predicted molar refractivity (Wildman–Crippen MR) is 114 cm³/mol. The average molecular weight is 464 g/mol. The zero-order valence-electron chi connectivity index (χ0n) is 17.9. The van der Waals surface area contributed by atoms with Crippen molar-refractivity contribution in [2.45, 2.75) is 32.2 Å². The summed E-state index contributed by atoms with van der Waals surface area (Å²) in [5.41, 5.74) is 0.415. The summed E-state index contributed by atoms with van der Waals surface area (Å²) in [7, 11) is 0. The summed E-state index contributed by atoms with van der Waals surface area (Å²) in [5, 5.41) is 11.7. The molecule has 1 aromatic carbocycles. The Morgan fingerprint density at radius 1 is 1.19 bits per heavy atom. The van der Waals surface area contributed by atoms with Crippen molar-refractivity contribution in [1.29, 1.82) is 0 Å². The van der Waals surface area contributed by atoms with Crippen LogP contribution in [0.15, 0.2) is 29.5 Å². The average Bonchev–Trinajstić information content (AvgIpc) is 2.76. The van der Waals surface area contributed by atoms with Crippen LogP contribution in [0.1, 0.15) is 31.1 Å². The first-order chi connectivity index (χ1) is 15.3. The van der Waals surface area contributed by atoms with Crippen LogP contribution >= 0.6 is 11.8 Å². The van der Waals surface area contributed by atoms with Gasteiger partial charge in [-0.05, 0) is 32.0 Å². The fourth-order valence-corrected chi connectivity index (χ4v) is 4.73. The number of carboxylic acid groups (broad SMARTS) is 1. The molecule has 32 heavy (non-hydrogen) atoms. The van der Waals surface area contributed by atoms with Crippen molar-refractivity contribution in [2.24, 2.45) is 0 Å². The molecule has 0 aromatic heterocycles. The zero-order chi connectivity index (χ0) is 23.4. The summed E-state index contributed by atoms with van der Waals surface area (Å²) in [6.07, 6.45) is 0. The van der Waals surface area contributed by atoms with E-state index in [1.165, 1.54) is 18.7 Å². The van der Waals surface area contributed by atoms with Crippen molar-refractivity contribution >= 4 is 35.5 Å². The lowest BCUT2D eigenvalue weighted by Gasteiger charge is -2.49. The second-order valence-corrected chi connectivity index (χ2v) is 8.03. The number of benzene rings is 1. The molecule has 2 N–H and O–H groups in total. The number of carbonyl (C=O) groups is 4. The maximum atomic E-state index is 12.8. The number of thioether (sulfide) groups is 1. The molecule has 3 rings (SSSR count). The topological polar surface area (TPSA) is 131 Å². The molecule has 2 aliphatic rings. The van der Waals surface area contributed by atoms with Crippen LogP contribution in [0.4, 0.5) is 0 Å². The molecule has 1 saturated heterocycles. The maximum Gasteiger partial charge on any atom is 0.352 e. The standard InChI is InChI=1S/C21H24N2O8S/c1-4-29-14-7-6-12(8-15(14)30-5-2)18(25)22-16-19(26)23-17(21(27)28)13(9-31-11(3)24)10-32-20(16)23/h6-8,16,20H,4-5,9-10H2,1-3H3,(H,22,25)(H,27,28)/t16-,20+/m1/s1. The van der Waals surface area contributed by atoms with Gasteiger partial charge in [-0.3, -0.25) is 19.3 Å². The van der Waals surface area contributed by atoms with Gasteiger partial charge in [-0.15, -0.1) is 11.8 Å². The second kappa shape index (κ2) is 9.94. The van der Waals surface area contributed by atoms with E-state index < -0.39 is 35.2 Å². The predicted octanol–water partition coefficient (Wildman–Crippen LogP) is 1.40. The summed E-state index contributed by atoms with van der Waals surface area (Å²) in [4.78, 5) is 49.5. The Balaban J connectivity index is 1.75. The van der Waals surface area contributed by atoms with Gasteiger partial charge >= 0.3 is 11.9 Å². The van der Waals surface area contributed by atoms with Crippen LogP contribution in [-0.2, 0) is 19.1 Å². The van der Waals surface area contributed by atoms with E-state index in [1.54, 1.807) is 18.2 Å². The number of rotatable bonds is 9. The Morgan fingerprint density at radius 3 is 2.50 bits per heavy atom. The van der Waals surface area contributed by atoms with E-state index in [-0.39, 0.29) is 23.6 Å². The van der Waals surface area contributed by atoms with Gasteiger partial charge in [0.1, 0.15) is 23.7 Å². The maximum absolute atomic E-state index is 12.8. The van der Waals surface area contributed by atoms with Crippen LogP contribution < -0.4 is 14.8 Å². The molecule has 10 nitrogen and oxygen atoms in total. The van der Waals surface area contributed by atoms with E-state index in [0.29, 0.717) is 30.3 Å². The number of hydrogen-bond acceptors (Lipinski definition) is 8. The largest absolute Gasteiger partial charge is 0.490 e. The molecule has 0 aliphatic carbocycles. The van der Waals surface area contributed by atoms with Crippen molar-refractivity contribution in [3.63, 3.8) is 0 Å². The molecule has 1 fully saturated rings. The number of ether oxygens (including phenoxy) is 3. The smallest absolute Gasteiger partial charge is 0.352 e. The highest BCUT2D eigenvalue weighted by atomic mass is 32.2. The number of esters is 1. The van der Waals surface area contributed by atoms with Crippen LogP contribution in [-0.4, -0.2) is 70.7 Å². The summed E-state index contributed by atoms with van der Waals surface area (Å²) in [5.74, 6) is -1.67. The molecule has 2 amide bonds. The number of carboxylic acids is 1. The van der Waals surface area contributed by atoms with Crippen molar-refractivity contribution in [3.8, 4) is 11.5 Å². The minimum atomic E-state index is -1.29. The number of carbonyl (C=O) groups excluding carboxylic acids is 3. The van der Waals surface area contributed by atoms with E-state index in [0.717, 1.165) is 4.90 Å². The number of amides is 2. The van der Waals surface area contributed by atoms with Crippen LogP contribution in [0.25, 0.3) is 0 Å². The van der Waals surface area contributed by atoms with Crippen LogP contribution in [0.3, 0.4) is 0 Å². The van der Waals surface area contributed by atoms with Crippen molar-refractivity contribution in [3.05, 3.63) is 35.0 Å². The van der Waals surface area contributed by atoms with Gasteiger partial charge in [-0.25, -0.2) is 4.79 Å². The Morgan fingerprint density at radius 2 is 1.88 bits per heavy atom. The Hall–Kier alpha value is -3.21. The molecular weight excluding hydrogens is 440 g/mol. The Bertz CT molecular complexity index is 977. The van der Waals surface area contributed by atoms with E-state index in [1.807, 2.05) is 13.8 Å². The molecule has 2 aliphatic heterocycles. The van der Waals surface area contributed by atoms with Gasteiger partial charge in [-0.1, -0.05) is 0 Å². The van der Waals surface area contributed by atoms with Gasteiger partial charge in [0.2, 0.25) is 0 Å². The van der Waals surface area contributed by atoms with Gasteiger partial charge in [0.15, 0.2) is 11.5 Å². The molecule has 0 bridgehead atoms. The summed E-state index contributed by atoms with van der Waals surface area (Å²) >= 11 is 1.30. The van der Waals surface area contributed by atoms with E-state index in [9.17, 15) is 24.3 Å². The molecule has 2 heterocycles. The van der Waals surface area contributed by atoms with Gasteiger partial charge in [-0.2, -0.15) is 0 Å². The third kappa shape index (κ3) is 4.67. The fourth-order valence-electron chi connectivity index (χ4n) is 3.40. The lowest BCUT2D eigenvalue weighted by Crippen LogP contribution is -2.70. The summed E-state index contributed by atoms with van der Waals surface area (Å²) < 4.78 is 15.9. The van der Waals surface area contributed by atoms with Crippen molar-refractivity contribution in [2.75, 3.05) is 25.6 Å². The number of aliphatic carboxylic acids is 1. The molecule has 0 unspecified atom stereocenters. The summed E-state index contributed by atoms with van der Waals surface area (Å²) in [6.45, 7) is 5.49. The van der Waals surface area contributed by atoms with E-state index in [4.69, 9.17) is 14.2 Å². The molecular formula is C21H24N2O8S. The van der Waals surface area contributed by atoms with Gasteiger partial charge in [0.25, 0.3) is 11.8 Å². The van der Waals surface area contributed by atoms with E-state index >= 15 is 0 Å². The summed E-state index contributed by atoms with van der Waals surface area (Å²) in [6, 6.07) is 3.86. The lowest BCUT2D eigenvalue weighted by molar-refractivity contribution is -0.149. The second-order valence-electron chi connectivity index (χ2n) is 6.93. The molecule has 11 heteroatoms. The first-order valence-electron chi connectivity index (χ1n) is 10.0. The van der Waals surface area contributed by atoms with Crippen molar-refractivity contribution < 1.29 is 38.5 Å². The SMILES string of the molecule is CCOc1ccc(C(=O)N[C@@H]2C(=O)N3C(C(=O)O)=C(COC(C)=O)CS[C@@H]23)cc1OCC. The van der Waals surface area contributed by atoms with Gasteiger partial charge in [0, 0.05) is 23.8 Å². The van der Waals surface area contributed by atoms with Crippen LogP contribution in [0.2, 0.25) is 0 Å². The van der Waals surface area contributed by atoms with Gasteiger partial charge < -0.3 is 24.6 Å². The number of β-lactam (4-membered cyclic amide) rings is 1. The Kier molecular flexibility index (Phi) is 7.29. The number of nitrogens with zero attached hydrogens (tertiary/aromatic N) is 1. The highest BCUT2D eigenvalue weighted by molar-refractivity contribution is 8.00. The fraction of sp³-hybridized carbons (Fsp3) is 0.429. The normalized spacial score (nSPS) is 19.6. The van der Waals surface area contributed by atoms with Crippen LogP contribution in [0, 0.1) is 0 Å². The minimum Gasteiger partial charge on any atom is -0.490 e. The number of fused-ring (bicyclic) bond motifs is 1. The first-order valence-corrected chi connectivity index (χ1v) is 11.1. The molecule has 2 atom stereocenters. The minimum absolute atomic E-state index is 0.204. The van der Waals surface area contributed by atoms with Gasteiger partial charge in [0.05, 0.1) is 13.2 Å². The number of nitrogens with one attached hydrogen (secondary N) is 1. The molecule has 0 radical (unpaired) electrons. The van der Waals surface area contributed by atoms with Crippen LogP contribution in [0.5, 0.6) is 11.5 Å². The molecule has 1 aromatic rings. The monoisotopic (exact) mass is 464 g/mol. The molecule has 0 spiro atoms. The Labute approximate surface area is 188 Å². The quantitative estimate of drug-likeness (QED) is 0.411. The van der Waals surface area contributed by atoms with E-state index in [2.05, 4.69) is 5.32 Å². The van der Waals surface area contributed by atoms with Crippen molar-refractivity contribution in [1.82, 2.24) is 10.2 Å². The zero-order valence-corrected chi connectivity index (χ0v) is 18.7. The molecule has 0 saturated carbocycles. The molecule has 172 valence electrons. The third-order valence-electron chi connectivity index (χ3n) is 4.79. The number of hydrogen-bond donors (Lipinski definition) is 2. The third-order valence-corrected chi connectivity index (χ3v) is 6.13. The first kappa shape index (κ1) is 23.5. The highest BCUT2D eigenvalue weighted by Gasteiger charge is 2.54.